The Kier molecular flexibility index (Phi) is 8.12. The third kappa shape index (κ3) is 5.04. The largest absolute Gasteiger partial charge is 0.421 e. The van der Waals surface area contributed by atoms with Crippen LogP contribution in [0, 0.1) is 0 Å². The van der Waals surface area contributed by atoms with Crippen LogP contribution in [0.4, 0.5) is 17.5 Å². The average molecular weight is 429 g/mol. The van der Waals surface area contributed by atoms with Gasteiger partial charge in [0.05, 0.1) is 38.2 Å². The lowest BCUT2D eigenvalue weighted by Gasteiger charge is -2.29. The van der Waals surface area contributed by atoms with Crippen molar-refractivity contribution in [1.82, 2.24) is 14.3 Å². The van der Waals surface area contributed by atoms with E-state index in [0.717, 1.165) is 82.4 Å². The molecule has 0 unspecified atom stereocenters. The van der Waals surface area contributed by atoms with Crippen LogP contribution >= 0.6 is 23.2 Å². The number of aryl methyl sites for hydroxylation is 3. The summed E-state index contributed by atoms with van der Waals surface area (Å²) in [5.41, 5.74) is 4.78. The predicted octanol–water partition coefficient (Wildman–Crippen LogP) is 2.49. The molecule has 8 nitrogen and oxygen atoms in total. The lowest BCUT2D eigenvalue weighted by molar-refractivity contribution is -0.683. The zero-order valence-corrected chi connectivity index (χ0v) is 17.8. The highest BCUT2D eigenvalue weighted by molar-refractivity contribution is 6.18. The molecule has 1 aliphatic heterocycles. The van der Waals surface area contributed by atoms with Crippen molar-refractivity contribution in [3.8, 4) is 0 Å². The highest BCUT2D eigenvalue weighted by Gasteiger charge is 2.23. The minimum atomic E-state index is 0.620. The van der Waals surface area contributed by atoms with E-state index in [0.29, 0.717) is 11.8 Å². The van der Waals surface area contributed by atoms with Crippen LogP contribution in [-0.4, -0.2) is 45.7 Å². The minimum absolute atomic E-state index is 0.620. The molecule has 0 atom stereocenters. The molecular formula is C18H30Cl2N8+2. The molecule has 0 aliphatic carbocycles. The molecule has 0 saturated carbocycles. The summed E-state index contributed by atoms with van der Waals surface area (Å²) in [6.45, 7) is 5.47. The summed E-state index contributed by atoms with van der Waals surface area (Å²) in [6.07, 6.45) is 9.80. The van der Waals surface area contributed by atoms with Gasteiger partial charge in [0.1, 0.15) is 0 Å². The molecule has 1 aliphatic rings. The van der Waals surface area contributed by atoms with Gasteiger partial charge in [0.2, 0.25) is 0 Å². The third-order valence-electron chi connectivity index (χ3n) is 4.82. The van der Waals surface area contributed by atoms with Crippen LogP contribution in [0.15, 0.2) is 28.8 Å². The number of azo groups is 1. The van der Waals surface area contributed by atoms with Crippen molar-refractivity contribution in [3.05, 3.63) is 18.6 Å². The Bertz CT molecular complexity index is 744. The summed E-state index contributed by atoms with van der Waals surface area (Å²) in [7, 11) is 0. The number of alkyl halides is 2. The van der Waals surface area contributed by atoms with Crippen molar-refractivity contribution < 1.29 is 10.3 Å². The van der Waals surface area contributed by atoms with Crippen LogP contribution in [-0.2, 0) is 19.6 Å². The number of imidazole rings is 1. The van der Waals surface area contributed by atoms with E-state index in [1.807, 2.05) is 23.3 Å². The second kappa shape index (κ2) is 10.8. The van der Waals surface area contributed by atoms with Gasteiger partial charge in [-0.25, -0.2) is 13.8 Å². The smallest absolute Gasteiger partial charge is 0.358 e. The van der Waals surface area contributed by atoms with E-state index in [2.05, 4.69) is 35.1 Å². The second-order valence-electron chi connectivity index (χ2n) is 6.89. The van der Waals surface area contributed by atoms with Gasteiger partial charge < -0.3 is 10.6 Å². The summed E-state index contributed by atoms with van der Waals surface area (Å²) in [6, 6.07) is 0. The molecule has 0 spiro atoms. The average Bonchev–Trinajstić information content (AvgIpc) is 3.31. The number of halogens is 2. The molecule has 3 N–H and O–H groups in total. The molecule has 28 heavy (non-hydrogen) atoms. The fourth-order valence-corrected chi connectivity index (χ4v) is 3.69. The van der Waals surface area contributed by atoms with Crippen LogP contribution in [0.2, 0.25) is 0 Å². The Balaban J connectivity index is 1.85. The molecule has 2 aromatic heterocycles. The first-order valence-corrected chi connectivity index (χ1v) is 11.1. The molecule has 0 fully saturated rings. The van der Waals surface area contributed by atoms with Crippen LogP contribution in [0.1, 0.15) is 25.7 Å². The lowest BCUT2D eigenvalue weighted by Crippen LogP contribution is -2.51. The first-order chi connectivity index (χ1) is 13.8. The van der Waals surface area contributed by atoms with Gasteiger partial charge in [-0.3, -0.25) is 0 Å². The van der Waals surface area contributed by atoms with Crippen molar-refractivity contribution in [3.63, 3.8) is 0 Å². The van der Waals surface area contributed by atoms with E-state index < -0.39 is 0 Å². The molecule has 0 aromatic carbocycles. The summed E-state index contributed by atoms with van der Waals surface area (Å²) in [5.74, 6) is 3.12. The number of hydrogen-bond acceptors (Lipinski definition) is 4. The molecule has 0 amide bonds. The number of hydrogen-bond donors (Lipinski definition) is 1. The molecular weight excluding hydrogens is 399 g/mol. The van der Waals surface area contributed by atoms with Gasteiger partial charge in [-0.2, -0.15) is 5.10 Å². The normalized spacial score (nSPS) is 14.2. The summed E-state index contributed by atoms with van der Waals surface area (Å²) < 4.78 is 6.22. The van der Waals surface area contributed by atoms with Crippen molar-refractivity contribution in [2.45, 2.75) is 45.3 Å². The van der Waals surface area contributed by atoms with Gasteiger partial charge in [0.15, 0.2) is 11.5 Å². The van der Waals surface area contributed by atoms with E-state index in [9.17, 15) is 0 Å². The van der Waals surface area contributed by atoms with E-state index in [-0.39, 0.29) is 0 Å². The van der Waals surface area contributed by atoms with E-state index in [1.54, 1.807) is 0 Å². The molecule has 3 rings (SSSR count). The number of rotatable bonds is 11. The van der Waals surface area contributed by atoms with Gasteiger partial charge in [0.25, 0.3) is 0 Å². The van der Waals surface area contributed by atoms with Crippen LogP contribution in [0.5, 0.6) is 0 Å². The van der Waals surface area contributed by atoms with Crippen molar-refractivity contribution in [2.75, 3.05) is 36.3 Å². The highest BCUT2D eigenvalue weighted by atomic mass is 35.5. The van der Waals surface area contributed by atoms with Crippen molar-refractivity contribution in [2.24, 2.45) is 10.2 Å². The van der Waals surface area contributed by atoms with Gasteiger partial charge in [-0.1, -0.05) is 5.11 Å². The van der Waals surface area contributed by atoms with E-state index in [4.69, 9.17) is 23.2 Å². The standard InChI is InChI=1S/C18H29Cl2N8/c19-5-1-8-26-13-14-27(9-2-6-20)18(26)24-23-16-15-22-28-12-4-11-25(17(16)28)10-3-7-21/h13-15H,1-12,21H2/q+1/p+1. The van der Waals surface area contributed by atoms with Crippen LogP contribution in [0.3, 0.4) is 0 Å². The molecule has 0 saturated heterocycles. The monoisotopic (exact) mass is 428 g/mol. The Morgan fingerprint density at radius 3 is 2.75 bits per heavy atom. The SMILES string of the molecule is [NH3+]CCCN1CCCn2ncc(N=Nc3n(CCCCl)cc[n+]3CCCCl)c21. The number of quaternary nitrogens is 1. The molecule has 2 aromatic rings. The van der Waals surface area contributed by atoms with Crippen molar-refractivity contribution >= 4 is 40.7 Å². The molecule has 10 heteroatoms. The Hall–Kier alpha value is -1.64. The van der Waals surface area contributed by atoms with Gasteiger partial charge in [-0.05, 0) is 19.3 Å². The Morgan fingerprint density at radius 2 is 1.96 bits per heavy atom. The third-order valence-corrected chi connectivity index (χ3v) is 5.36. The number of aromatic nitrogens is 4. The fourth-order valence-electron chi connectivity index (χ4n) is 3.45. The number of nitrogens with zero attached hydrogens (tertiary/aromatic N) is 7. The fraction of sp³-hybridized carbons (Fsp3) is 0.667. The summed E-state index contributed by atoms with van der Waals surface area (Å²) >= 11 is 11.8. The maximum absolute atomic E-state index is 5.88. The van der Waals surface area contributed by atoms with Crippen LogP contribution < -0.4 is 15.2 Å². The van der Waals surface area contributed by atoms with Gasteiger partial charge in [0, 0.05) is 42.9 Å². The Morgan fingerprint density at radius 1 is 1.11 bits per heavy atom. The lowest BCUT2D eigenvalue weighted by atomic mass is 10.2. The second-order valence-corrected chi connectivity index (χ2v) is 7.65. The summed E-state index contributed by atoms with van der Waals surface area (Å²) in [5, 5.41) is 13.7. The molecule has 154 valence electrons. The topological polar surface area (TPSA) is 82.2 Å². The maximum atomic E-state index is 5.88. The predicted molar refractivity (Wildman–Crippen MR) is 111 cm³/mol. The quantitative estimate of drug-likeness (QED) is 0.338. The van der Waals surface area contributed by atoms with Gasteiger partial charge >= 0.3 is 5.95 Å². The number of fused-ring (bicyclic) bond motifs is 1. The first-order valence-electron chi connectivity index (χ1n) is 10.0. The van der Waals surface area contributed by atoms with E-state index >= 15 is 0 Å². The molecule has 0 bridgehead atoms. The Labute approximate surface area is 175 Å². The molecule has 3 heterocycles. The number of anilines is 1. The maximum Gasteiger partial charge on any atom is 0.421 e. The van der Waals surface area contributed by atoms with Gasteiger partial charge in [-0.15, -0.1) is 23.2 Å². The zero-order chi connectivity index (χ0) is 19.8. The first kappa shape index (κ1) is 21.1. The van der Waals surface area contributed by atoms with Crippen LogP contribution in [0.25, 0.3) is 0 Å². The van der Waals surface area contributed by atoms with E-state index in [1.165, 1.54) is 0 Å². The van der Waals surface area contributed by atoms with Crippen molar-refractivity contribution in [1.29, 1.82) is 0 Å². The summed E-state index contributed by atoms with van der Waals surface area (Å²) in [4.78, 5) is 2.35. The minimum Gasteiger partial charge on any atom is -0.358 e. The zero-order valence-electron chi connectivity index (χ0n) is 16.3. The molecule has 0 radical (unpaired) electrons. The highest BCUT2D eigenvalue weighted by Crippen LogP contribution is 2.32.